The molecule has 2 atom stereocenters. The largest absolute Gasteiger partial charge is 0.308 e. The molecule has 1 N–H and O–H groups in total. The number of hydrogen-bond donors (Lipinski definition) is 1. The fraction of sp³-hybridized carbons (Fsp3) is 1.00. The van der Waals surface area contributed by atoms with Gasteiger partial charge in [0.25, 0.3) is 0 Å². The molecule has 20 heavy (non-hydrogen) atoms. The normalized spacial score (nSPS) is 36.6. The minimum absolute atomic E-state index is 0.336. The van der Waals surface area contributed by atoms with Gasteiger partial charge in [-0.25, -0.2) is 8.42 Å². The highest BCUT2D eigenvalue weighted by atomic mass is 32.2. The predicted molar refractivity (Wildman–Crippen MR) is 81.6 cm³/mol. The molecule has 0 aromatic carbocycles. The molecule has 0 aromatic heterocycles. The van der Waals surface area contributed by atoms with Gasteiger partial charge in [-0.3, -0.25) is 4.90 Å². The molecule has 0 radical (unpaired) electrons. The van der Waals surface area contributed by atoms with Gasteiger partial charge in [0.2, 0.25) is 0 Å². The molecule has 0 bridgehead atoms. The van der Waals surface area contributed by atoms with Crippen LogP contribution < -0.4 is 5.32 Å². The van der Waals surface area contributed by atoms with E-state index in [2.05, 4.69) is 17.1 Å². The van der Waals surface area contributed by atoms with E-state index < -0.39 is 9.84 Å². The van der Waals surface area contributed by atoms with Crippen molar-refractivity contribution in [3.63, 3.8) is 0 Å². The van der Waals surface area contributed by atoms with Gasteiger partial charge in [0.05, 0.1) is 11.5 Å². The van der Waals surface area contributed by atoms with Crippen molar-refractivity contribution in [3.8, 4) is 0 Å². The SMILES string of the molecule is CCC1CNC2(CCCC2)CN1CC1CCS(=O)(=O)C1. The molecule has 3 fully saturated rings. The van der Waals surface area contributed by atoms with Crippen molar-refractivity contribution in [1.29, 1.82) is 0 Å². The summed E-state index contributed by atoms with van der Waals surface area (Å²) >= 11 is 0. The van der Waals surface area contributed by atoms with Gasteiger partial charge in [0, 0.05) is 31.2 Å². The lowest BCUT2D eigenvalue weighted by Crippen LogP contribution is -2.63. The van der Waals surface area contributed by atoms with E-state index in [1.807, 2.05) is 0 Å². The lowest BCUT2D eigenvalue weighted by atomic mass is 9.90. The molecule has 5 heteroatoms. The van der Waals surface area contributed by atoms with Crippen LogP contribution in [-0.4, -0.2) is 56.0 Å². The summed E-state index contributed by atoms with van der Waals surface area (Å²) in [6, 6.07) is 0.588. The zero-order valence-electron chi connectivity index (χ0n) is 12.6. The molecule has 4 nitrogen and oxygen atoms in total. The van der Waals surface area contributed by atoms with Crippen molar-refractivity contribution in [2.45, 2.75) is 57.0 Å². The first-order valence-electron chi connectivity index (χ1n) is 8.21. The lowest BCUT2D eigenvalue weighted by Gasteiger charge is -2.47. The Morgan fingerprint density at radius 1 is 1.30 bits per heavy atom. The van der Waals surface area contributed by atoms with Crippen LogP contribution in [0.3, 0.4) is 0 Å². The van der Waals surface area contributed by atoms with Crippen LogP contribution >= 0.6 is 0 Å². The minimum Gasteiger partial charge on any atom is -0.308 e. The number of nitrogens with zero attached hydrogens (tertiary/aromatic N) is 1. The molecule has 0 aromatic rings. The van der Waals surface area contributed by atoms with Crippen molar-refractivity contribution in [2.24, 2.45) is 5.92 Å². The Morgan fingerprint density at radius 2 is 2.05 bits per heavy atom. The third kappa shape index (κ3) is 3.04. The Bertz CT molecular complexity index is 443. The van der Waals surface area contributed by atoms with E-state index in [-0.39, 0.29) is 0 Å². The molecular formula is C15H28N2O2S. The highest BCUT2D eigenvalue weighted by molar-refractivity contribution is 7.91. The summed E-state index contributed by atoms with van der Waals surface area (Å²) < 4.78 is 23.3. The molecule has 0 amide bonds. The van der Waals surface area contributed by atoms with Crippen LogP contribution in [0.15, 0.2) is 0 Å². The van der Waals surface area contributed by atoms with E-state index in [4.69, 9.17) is 0 Å². The second kappa shape index (κ2) is 5.58. The van der Waals surface area contributed by atoms with E-state index in [0.29, 0.717) is 29.0 Å². The van der Waals surface area contributed by atoms with Crippen LogP contribution in [0.5, 0.6) is 0 Å². The number of rotatable bonds is 3. The maximum atomic E-state index is 11.7. The summed E-state index contributed by atoms with van der Waals surface area (Å²) in [6.07, 6.45) is 7.30. The molecule has 1 spiro atoms. The Labute approximate surface area is 123 Å². The highest BCUT2D eigenvalue weighted by Crippen LogP contribution is 2.34. The zero-order chi connectivity index (χ0) is 14.2. The Hall–Kier alpha value is -0.130. The lowest BCUT2D eigenvalue weighted by molar-refractivity contribution is 0.0670. The number of nitrogens with one attached hydrogen (secondary N) is 1. The Balaban J connectivity index is 1.65. The van der Waals surface area contributed by atoms with E-state index in [0.717, 1.165) is 32.5 Å². The number of piperazine rings is 1. The van der Waals surface area contributed by atoms with Crippen molar-refractivity contribution < 1.29 is 8.42 Å². The molecule has 2 aliphatic heterocycles. The first-order chi connectivity index (χ1) is 9.52. The van der Waals surface area contributed by atoms with Crippen LogP contribution in [0.25, 0.3) is 0 Å². The van der Waals surface area contributed by atoms with Gasteiger partial charge in [-0.15, -0.1) is 0 Å². The molecule has 2 heterocycles. The van der Waals surface area contributed by atoms with Crippen LogP contribution in [0.4, 0.5) is 0 Å². The van der Waals surface area contributed by atoms with Gasteiger partial charge in [-0.2, -0.15) is 0 Å². The van der Waals surface area contributed by atoms with Crippen LogP contribution in [0.2, 0.25) is 0 Å². The summed E-state index contributed by atoms with van der Waals surface area (Å²) in [6.45, 7) is 5.44. The van der Waals surface area contributed by atoms with Gasteiger partial charge >= 0.3 is 0 Å². The molecule has 2 saturated heterocycles. The maximum absolute atomic E-state index is 11.7. The fourth-order valence-corrected chi connectivity index (χ4v) is 6.24. The van der Waals surface area contributed by atoms with E-state index in [1.54, 1.807) is 0 Å². The zero-order valence-corrected chi connectivity index (χ0v) is 13.4. The molecule has 2 unspecified atom stereocenters. The quantitative estimate of drug-likeness (QED) is 0.856. The monoisotopic (exact) mass is 300 g/mol. The summed E-state index contributed by atoms with van der Waals surface area (Å²) in [5.74, 6) is 1.19. The predicted octanol–water partition coefficient (Wildman–Crippen LogP) is 1.42. The van der Waals surface area contributed by atoms with Gasteiger partial charge in [-0.1, -0.05) is 19.8 Å². The van der Waals surface area contributed by atoms with Crippen molar-refractivity contribution in [3.05, 3.63) is 0 Å². The van der Waals surface area contributed by atoms with E-state index in [9.17, 15) is 8.42 Å². The Kier molecular flexibility index (Phi) is 4.13. The minimum atomic E-state index is -2.74. The number of sulfone groups is 1. The average molecular weight is 300 g/mol. The highest BCUT2D eigenvalue weighted by Gasteiger charge is 2.41. The standard InChI is InChI=1S/C15H28N2O2S/c1-2-14-9-16-15(6-3-4-7-15)12-17(14)10-13-5-8-20(18,19)11-13/h13-14,16H,2-12H2,1H3. The Morgan fingerprint density at radius 3 is 2.65 bits per heavy atom. The first kappa shape index (κ1) is 14.8. The second-order valence-corrected chi connectivity index (χ2v) is 9.36. The van der Waals surface area contributed by atoms with Gasteiger partial charge in [0.15, 0.2) is 9.84 Å². The summed E-state index contributed by atoms with van der Waals surface area (Å²) in [5, 5.41) is 3.81. The molecule has 3 rings (SSSR count). The maximum Gasteiger partial charge on any atom is 0.150 e. The topological polar surface area (TPSA) is 49.4 Å². The molecular weight excluding hydrogens is 272 g/mol. The fourth-order valence-electron chi connectivity index (χ4n) is 4.39. The molecule has 3 aliphatic rings. The summed E-state index contributed by atoms with van der Waals surface area (Å²) in [4.78, 5) is 2.60. The number of hydrogen-bond acceptors (Lipinski definition) is 4. The van der Waals surface area contributed by atoms with Gasteiger partial charge in [-0.05, 0) is 31.6 Å². The van der Waals surface area contributed by atoms with Crippen LogP contribution in [0, 0.1) is 5.92 Å². The van der Waals surface area contributed by atoms with Crippen LogP contribution in [0.1, 0.15) is 45.4 Å². The molecule has 116 valence electrons. The van der Waals surface area contributed by atoms with Crippen molar-refractivity contribution in [1.82, 2.24) is 10.2 Å². The van der Waals surface area contributed by atoms with Gasteiger partial charge < -0.3 is 5.32 Å². The third-order valence-corrected chi connectivity index (χ3v) is 7.42. The molecule has 1 aliphatic carbocycles. The van der Waals surface area contributed by atoms with Gasteiger partial charge in [0.1, 0.15) is 0 Å². The van der Waals surface area contributed by atoms with E-state index in [1.165, 1.54) is 25.7 Å². The summed E-state index contributed by atoms with van der Waals surface area (Å²) in [5.41, 5.74) is 0.336. The molecule has 1 saturated carbocycles. The average Bonchev–Trinajstić information content (AvgIpc) is 2.97. The first-order valence-corrected chi connectivity index (χ1v) is 10.0. The van der Waals surface area contributed by atoms with Crippen molar-refractivity contribution >= 4 is 9.84 Å². The van der Waals surface area contributed by atoms with E-state index >= 15 is 0 Å². The smallest absolute Gasteiger partial charge is 0.150 e. The third-order valence-electron chi connectivity index (χ3n) is 5.59. The van der Waals surface area contributed by atoms with Crippen LogP contribution in [-0.2, 0) is 9.84 Å². The summed E-state index contributed by atoms with van der Waals surface area (Å²) in [7, 11) is -2.74. The van der Waals surface area contributed by atoms with Crippen molar-refractivity contribution in [2.75, 3.05) is 31.1 Å². The second-order valence-electron chi connectivity index (χ2n) is 7.13.